The third kappa shape index (κ3) is 2.63. The Balaban J connectivity index is 2.24. The highest BCUT2D eigenvalue weighted by molar-refractivity contribution is 5.39. The summed E-state index contributed by atoms with van der Waals surface area (Å²) in [6.45, 7) is 8.96. The lowest BCUT2D eigenvalue weighted by Gasteiger charge is -2.16. The third-order valence-electron chi connectivity index (χ3n) is 3.37. The van der Waals surface area contributed by atoms with Gasteiger partial charge in [-0.3, -0.25) is 0 Å². The topological polar surface area (TPSA) is 63.2 Å². The van der Waals surface area contributed by atoms with Crippen LogP contribution >= 0.6 is 0 Å². The molecule has 0 spiro atoms. The van der Waals surface area contributed by atoms with Crippen molar-refractivity contribution < 1.29 is 4.74 Å². The molecular weight excluding hydrogens is 230 g/mol. The summed E-state index contributed by atoms with van der Waals surface area (Å²) in [5, 5.41) is 2.94. The van der Waals surface area contributed by atoms with Crippen molar-refractivity contribution in [2.24, 2.45) is 11.8 Å². The first-order valence-electron chi connectivity index (χ1n) is 6.45. The van der Waals surface area contributed by atoms with Crippen LogP contribution < -0.4 is 15.0 Å². The molecule has 100 valence electrons. The summed E-state index contributed by atoms with van der Waals surface area (Å²) in [5.74, 6) is 2.58. The minimum atomic E-state index is 0.388. The van der Waals surface area contributed by atoms with Gasteiger partial charge >= 0.3 is 6.01 Å². The molecule has 0 amide bonds. The average Bonchev–Trinajstić information content (AvgIpc) is 2.70. The van der Waals surface area contributed by atoms with Crippen LogP contribution in [0.15, 0.2) is 0 Å². The fourth-order valence-corrected chi connectivity index (χ4v) is 2.09. The molecule has 1 saturated heterocycles. The highest BCUT2D eigenvalue weighted by atomic mass is 16.5. The maximum Gasteiger partial charge on any atom is 0.323 e. The first-order valence-corrected chi connectivity index (χ1v) is 6.45. The number of aromatic nitrogens is 3. The summed E-state index contributed by atoms with van der Waals surface area (Å²) >= 11 is 0. The Morgan fingerprint density at radius 3 is 2.44 bits per heavy atom. The smallest absolute Gasteiger partial charge is 0.323 e. The van der Waals surface area contributed by atoms with Crippen LogP contribution in [0.1, 0.15) is 20.8 Å². The van der Waals surface area contributed by atoms with Gasteiger partial charge in [-0.1, -0.05) is 13.8 Å². The lowest BCUT2D eigenvalue weighted by Crippen LogP contribution is -2.23. The second-order valence-electron chi connectivity index (χ2n) is 4.78. The van der Waals surface area contributed by atoms with Crippen molar-refractivity contribution in [3.63, 3.8) is 0 Å². The van der Waals surface area contributed by atoms with E-state index in [1.807, 2.05) is 6.92 Å². The van der Waals surface area contributed by atoms with Gasteiger partial charge in [0.2, 0.25) is 11.9 Å². The Labute approximate surface area is 108 Å². The third-order valence-corrected chi connectivity index (χ3v) is 3.37. The molecule has 1 aliphatic heterocycles. The largest absolute Gasteiger partial charge is 0.464 e. The van der Waals surface area contributed by atoms with Crippen molar-refractivity contribution in [2.45, 2.75) is 20.8 Å². The van der Waals surface area contributed by atoms with Crippen molar-refractivity contribution in [3.8, 4) is 6.01 Å². The van der Waals surface area contributed by atoms with Crippen LogP contribution in [-0.4, -0.2) is 41.7 Å². The zero-order valence-corrected chi connectivity index (χ0v) is 11.5. The van der Waals surface area contributed by atoms with E-state index in [1.54, 1.807) is 7.05 Å². The highest BCUT2D eigenvalue weighted by Crippen LogP contribution is 2.26. The first kappa shape index (κ1) is 12.9. The number of hydrogen-bond donors (Lipinski definition) is 1. The Morgan fingerprint density at radius 2 is 1.89 bits per heavy atom. The maximum atomic E-state index is 5.37. The van der Waals surface area contributed by atoms with Gasteiger partial charge in [0.1, 0.15) is 0 Å². The van der Waals surface area contributed by atoms with Gasteiger partial charge in [-0.25, -0.2) is 0 Å². The van der Waals surface area contributed by atoms with Crippen LogP contribution in [0.2, 0.25) is 0 Å². The maximum absolute atomic E-state index is 5.37. The van der Waals surface area contributed by atoms with E-state index in [9.17, 15) is 0 Å². The lowest BCUT2D eigenvalue weighted by atomic mass is 10.0. The van der Waals surface area contributed by atoms with Gasteiger partial charge in [0.25, 0.3) is 0 Å². The van der Waals surface area contributed by atoms with E-state index in [1.165, 1.54) is 0 Å². The molecule has 1 aliphatic rings. The molecule has 0 aliphatic carbocycles. The highest BCUT2D eigenvalue weighted by Gasteiger charge is 2.28. The van der Waals surface area contributed by atoms with Crippen LogP contribution in [0.5, 0.6) is 6.01 Å². The van der Waals surface area contributed by atoms with Crippen molar-refractivity contribution in [1.29, 1.82) is 0 Å². The van der Waals surface area contributed by atoms with Crippen molar-refractivity contribution >= 4 is 11.9 Å². The molecule has 0 bridgehead atoms. The number of nitrogens with one attached hydrogen (secondary N) is 1. The molecule has 0 radical (unpaired) electrons. The summed E-state index contributed by atoms with van der Waals surface area (Å²) in [4.78, 5) is 15.1. The Bertz CT molecular complexity index is 401. The normalized spacial score (nSPS) is 23.2. The van der Waals surface area contributed by atoms with Crippen LogP contribution in [0.3, 0.4) is 0 Å². The van der Waals surface area contributed by atoms with Gasteiger partial charge in [0.15, 0.2) is 0 Å². The summed E-state index contributed by atoms with van der Waals surface area (Å²) in [6, 6.07) is 0.388. The van der Waals surface area contributed by atoms with Gasteiger partial charge in [0.05, 0.1) is 6.61 Å². The summed E-state index contributed by atoms with van der Waals surface area (Å²) in [5.41, 5.74) is 0. The zero-order valence-electron chi connectivity index (χ0n) is 11.5. The molecular formula is C12H21N5O. The quantitative estimate of drug-likeness (QED) is 0.873. The lowest BCUT2D eigenvalue weighted by molar-refractivity contribution is 0.312. The van der Waals surface area contributed by atoms with Crippen molar-refractivity contribution in [3.05, 3.63) is 0 Å². The monoisotopic (exact) mass is 251 g/mol. The average molecular weight is 251 g/mol. The first-order chi connectivity index (χ1) is 8.63. The molecule has 1 N–H and O–H groups in total. The van der Waals surface area contributed by atoms with Gasteiger partial charge in [-0.05, 0) is 18.8 Å². The molecule has 2 unspecified atom stereocenters. The Hall–Kier alpha value is -1.59. The molecule has 2 atom stereocenters. The Morgan fingerprint density at radius 1 is 1.22 bits per heavy atom. The molecule has 2 heterocycles. The second kappa shape index (κ2) is 5.37. The van der Waals surface area contributed by atoms with Gasteiger partial charge in [-0.2, -0.15) is 15.0 Å². The summed E-state index contributed by atoms with van der Waals surface area (Å²) in [7, 11) is 1.80. The van der Waals surface area contributed by atoms with E-state index >= 15 is 0 Å². The fourth-order valence-electron chi connectivity index (χ4n) is 2.09. The molecule has 2 rings (SSSR count). The molecule has 18 heavy (non-hydrogen) atoms. The van der Waals surface area contributed by atoms with E-state index in [4.69, 9.17) is 4.74 Å². The number of ether oxygens (including phenoxy) is 1. The molecule has 0 aromatic carbocycles. The van der Waals surface area contributed by atoms with Gasteiger partial charge in [0, 0.05) is 20.1 Å². The van der Waals surface area contributed by atoms with Gasteiger partial charge < -0.3 is 15.0 Å². The standard InChI is InChI=1S/C12H21N5O/c1-5-18-12-15-10(13-4)14-11(16-12)17-6-8(2)9(3)7-17/h8-9H,5-7H2,1-4H3,(H,13,14,15,16). The number of rotatable bonds is 4. The molecule has 6 nitrogen and oxygen atoms in total. The fraction of sp³-hybridized carbons (Fsp3) is 0.750. The minimum absolute atomic E-state index is 0.388. The van der Waals surface area contributed by atoms with Crippen LogP contribution in [0, 0.1) is 11.8 Å². The number of hydrogen-bond acceptors (Lipinski definition) is 6. The molecule has 1 fully saturated rings. The van der Waals surface area contributed by atoms with Gasteiger partial charge in [-0.15, -0.1) is 0 Å². The minimum Gasteiger partial charge on any atom is -0.464 e. The van der Waals surface area contributed by atoms with Crippen LogP contribution in [-0.2, 0) is 0 Å². The van der Waals surface area contributed by atoms with E-state index in [-0.39, 0.29) is 0 Å². The second-order valence-corrected chi connectivity index (χ2v) is 4.78. The summed E-state index contributed by atoms with van der Waals surface area (Å²) in [6.07, 6.45) is 0. The van der Waals surface area contributed by atoms with E-state index in [0.29, 0.717) is 36.3 Å². The van der Waals surface area contributed by atoms with Crippen LogP contribution in [0.4, 0.5) is 11.9 Å². The predicted octanol–water partition coefficient (Wildman–Crippen LogP) is 1.40. The number of nitrogens with zero attached hydrogens (tertiary/aromatic N) is 4. The molecule has 6 heteroatoms. The SMILES string of the molecule is CCOc1nc(NC)nc(N2CC(C)C(C)C2)n1. The van der Waals surface area contributed by atoms with Crippen molar-refractivity contribution in [1.82, 2.24) is 15.0 Å². The number of anilines is 2. The molecule has 1 aromatic heterocycles. The predicted molar refractivity (Wildman–Crippen MR) is 71.1 cm³/mol. The van der Waals surface area contributed by atoms with E-state index in [0.717, 1.165) is 13.1 Å². The van der Waals surface area contributed by atoms with Crippen molar-refractivity contribution in [2.75, 3.05) is 37.0 Å². The Kier molecular flexibility index (Phi) is 3.84. The zero-order chi connectivity index (χ0) is 13.1. The van der Waals surface area contributed by atoms with E-state index in [2.05, 4.69) is 39.0 Å². The molecule has 0 saturated carbocycles. The molecule has 1 aromatic rings. The summed E-state index contributed by atoms with van der Waals surface area (Å²) < 4.78 is 5.37. The van der Waals surface area contributed by atoms with E-state index < -0.39 is 0 Å². The van der Waals surface area contributed by atoms with Crippen LogP contribution in [0.25, 0.3) is 0 Å².